The Labute approximate surface area is 220 Å². The lowest BCUT2D eigenvalue weighted by molar-refractivity contribution is -0.106. The van der Waals surface area contributed by atoms with E-state index >= 15 is 0 Å². The Balaban J connectivity index is 0.000000846. The number of aliphatic hydroxyl groups is 2. The molecule has 0 aliphatic heterocycles. The average molecular weight is 511 g/mol. The molecule has 2 aliphatic carbocycles. The first kappa shape index (κ1) is 34.7. The van der Waals surface area contributed by atoms with Crippen LogP contribution in [-0.4, -0.2) is 63.4 Å². The molecule has 0 aromatic heterocycles. The first-order valence-corrected chi connectivity index (χ1v) is 13.9. The summed E-state index contributed by atoms with van der Waals surface area (Å²) < 4.78 is 10.8. The smallest absolute Gasteiger partial charge is 0.147 e. The van der Waals surface area contributed by atoms with Crippen LogP contribution in [0.2, 0.25) is 0 Å². The van der Waals surface area contributed by atoms with Gasteiger partial charge in [-0.2, -0.15) is 0 Å². The van der Waals surface area contributed by atoms with E-state index in [1.807, 2.05) is 14.2 Å². The minimum Gasteiger partial charge on any atom is -0.392 e. The largest absolute Gasteiger partial charge is 0.392 e. The average Bonchev–Trinajstić information content (AvgIpc) is 2.93. The molecule has 0 unspecified atom stereocenters. The SMILES string of the molecule is C=C(C=O)CO.C=C(C=O)CO.CCCCCC1CCC(C2CCC(C(COC)COC)CC2)CC1. The van der Waals surface area contributed by atoms with Crippen molar-refractivity contribution in [3.8, 4) is 0 Å². The molecule has 0 heterocycles. The number of carbonyl (C=O) groups is 2. The number of ether oxygens (including phenoxy) is 2. The van der Waals surface area contributed by atoms with Gasteiger partial charge in [0, 0.05) is 31.3 Å². The number of carbonyl (C=O) groups excluding carboxylic acids is 2. The summed E-state index contributed by atoms with van der Waals surface area (Å²) in [4.78, 5) is 19.0. The van der Waals surface area contributed by atoms with Crippen LogP contribution in [0.3, 0.4) is 0 Å². The fourth-order valence-electron chi connectivity index (χ4n) is 5.54. The summed E-state index contributed by atoms with van der Waals surface area (Å²) in [7, 11) is 3.65. The third kappa shape index (κ3) is 15.7. The number of aldehydes is 2. The maximum absolute atomic E-state index is 9.48. The van der Waals surface area contributed by atoms with E-state index in [-0.39, 0.29) is 24.4 Å². The maximum atomic E-state index is 9.48. The quantitative estimate of drug-likeness (QED) is 0.181. The molecule has 2 saturated carbocycles. The summed E-state index contributed by atoms with van der Waals surface area (Å²) >= 11 is 0. The zero-order chi connectivity index (χ0) is 27.2. The van der Waals surface area contributed by atoms with E-state index in [1.165, 1.54) is 77.0 Å². The lowest BCUT2D eigenvalue weighted by Gasteiger charge is -2.39. The molecule has 0 spiro atoms. The molecule has 0 bridgehead atoms. The number of rotatable bonds is 14. The first-order valence-electron chi connectivity index (χ1n) is 13.9. The molecule has 2 rings (SSSR count). The van der Waals surface area contributed by atoms with E-state index in [1.54, 1.807) is 0 Å². The fraction of sp³-hybridized carbons (Fsp3) is 0.800. The van der Waals surface area contributed by atoms with Crippen LogP contribution in [0.15, 0.2) is 24.3 Å². The molecule has 0 atom stereocenters. The van der Waals surface area contributed by atoms with Crippen molar-refractivity contribution in [1.29, 1.82) is 0 Å². The van der Waals surface area contributed by atoms with Crippen molar-refractivity contribution in [2.45, 2.75) is 84.0 Å². The molecular formula is C30H54O6. The predicted molar refractivity (Wildman–Crippen MR) is 147 cm³/mol. The third-order valence-corrected chi connectivity index (χ3v) is 7.76. The zero-order valence-electron chi connectivity index (χ0n) is 23.3. The highest BCUT2D eigenvalue weighted by atomic mass is 16.5. The number of unbranched alkanes of at least 4 members (excludes halogenated alkanes) is 2. The van der Waals surface area contributed by atoms with Crippen LogP contribution in [0.5, 0.6) is 0 Å². The molecule has 0 radical (unpaired) electrons. The Bertz CT molecular complexity index is 548. The van der Waals surface area contributed by atoms with Crippen molar-refractivity contribution in [2.75, 3.05) is 40.6 Å². The molecule has 2 fully saturated rings. The van der Waals surface area contributed by atoms with Crippen LogP contribution in [0.4, 0.5) is 0 Å². The van der Waals surface area contributed by atoms with Crippen LogP contribution in [-0.2, 0) is 19.1 Å². The monoisotopic (exact) mass is 510 g/mol. The molecule has 2 N–H and O–H groups in total. The maximum Gasteiger partial charge on any atom is 0.147 e. The van der Waals surface area contributed by atoms with Crippen molar-refractivity contribution in [1.82, 2.24) is 0 Å². The summed E-state index contributed by atoms with van der Waals surface area (Å²) in [5, 5.41) is 16.0. The number of aliphatic hydroxyl groups excluding tert-OH is 2. The lowest BCUT2D eigenvalue weighted by Crippen LogP contribution is -2.31. The van der Waals surface area contributed by atoms with Crippen LogP contribution in [0.25, 0.3) is 0 Å². The Morgan fingerprint density at radius 2 is 1.25 bits per heavy atom. The molecule has 2 aliphatic rings. The molecule has 6 heteroatoms. The Hall–Kier alpha value is -1.34. The van der Waals surface area contributed by atoms with Gasteiger partial charge < -0.3 is 19.7 Å². The van der Waals surface area contributed by atoms with Crippen LogP contribution < -0.4 is 0 Å². The minimum atomic E-state index is -0.233. The molecule has 6 nitrogen and oxygen atoms in total. The van der Waals surface area contributed by atoms with Crippen molar-refractivity contribution in [3.63, 3.8) is 0 Å². The Kier molecular flexibility index (Phi) is 22.0. The predicted octanol–water partition coefficient (Wildman–Crippen LogP) is 5.56. The van der Waals surface area contributed by atoms with Crippen molar-refractivity contribution in [3.05, 3.63) is 24.3 Å². The lowest BCUT2D eigenvalue weighted by atomic mass is 9.67. The minimum absolute atomic E-state index is 0.218. The van der Waals surface area contributed by atoms with Crippen LogP contribution in [0, 0.1) is 29.6 Å². The van der Waals surface area contributed by atoms with Crippen molar-refractivity contribution >= 4 is 12.6 Å². The van der Waals surface area contributed by atoms with E-state index in [9.17, 15) is 9.59 Å². The van der Waals surface area contributed by atoms with Gasteiger partial charge in [0.05, 0.1) is 26.4 Å². The molecular weight excluding hydrogens is 456 g/mol. The van der Waals surface area contributed by atoms with Crippen molar-refractivity contribution < 1.29 is 29.3 Å². The Morgan fingerprint density at radius 3 is 1.58 bits per heavy atom. The standard InChI is InChI=1S/C22H42O2.2C4H6O2/c1-4-5-6-7-18-8-10-19(11-9-18)20-12-14-21(15-13-20)22(16-23-2)17-24-3;2*1-4(2-5)3-6/h18-22H,4-17H2,1-3H3;2*2,6H,1,3H2. The summed E-state index contributed by atoms with van der Waals surface area (Å²) in [6.07, 6.45) is 18.6. The molecule has 0 aromatic carbocycles. The highest BCUT2D eigenvalue weighted by Gasteiger charge is 2.33. The van der Waals surface area contributed by atoms with Gasteiger partial charge in [-0.15, -0.1) is 0 Å². The highest BCUT2D eigenvalue weighted by molar-refractivity contribution is 5.72. The normalized spacial score (nSPS) is 23.5. The van der Waals surface area contributed by atoms with Gasteiger partial charge in [-0.1, -0.05) is 58.6 Å². The van der Waals surface area contributed by atoms with Gasteiger partial charge in [-0.25, -0.2) is 0 Å². The van der Waals surface area contributed by atoms with Crippen molar-refractivity contribution in [2.24, 2.45) is 29.6 Å². The summed E-state index contributed by atoms with van der Waals surface area (Å²) in [6.45, 7) is 9.93. The highest BCUT2D eigenvalue weighted by Crippen LogP contribution is 2.43. The number of hydrogen-bond acceptors (Lipinski definition) is 6. The van der Waals surface area contributed by atoms with Crippen LogP contribution >= 0.6 is 0 Å². The van der Waals surface area contributed by atoms with Gasteiger partial charge in [0.2, 0.25) is 0 Å². The topological polar surface area (TPSA) is 93.1 Å². The second kappa shape index (κ2) is 22.8. The van der Waals surface area contributed by atoms with Gasteiger partial charge in [0.25, 0.3) is 0 Å². The molecule has 36 heavy (non-hydrogen) atoms. The summed E-state index contributed by atoms with van der Waals surface area (Å²) in [5.74, 6) is 4.54. The molecule has 0 aromatic rings. The van der Waals surface area contributed by atoms with E-state index < -0.39 is 0 Å². The summed E-state index contributed by atoms with van der Waals surface area (Å²) in [5.41, 5.74) is 0.435. The van der Waals surface area contributed by atoms with Gasteiger partial charge >= 0.3 is 0 Å². The second-order valence-corrected chi connectivity index (χ2v) is 10.5. The number of hydrogen-bond donors (Lipinski definition) is 2. The second-order valence-electron chi connectivity index (χ2n) is 10.5. The van der Waals surface area contributed by atoms with E-state index in [0.717, 1.165) is 36.9 Å². The van der Waals surface area contributed by atoms with E-state index in [4.69, 9.17) is 19.7 Å². The van der Waals surface area contributed by atoms with E-state index in [0.29, 0.717) is 18.5 Å². The van der Waals surface area contributed by atoms with Gasteiger partial charge in [-0.3, -0.25) is 9.59 Å². The molecule has 210 valence electrons. The van der Waals surface area contributed by atoms with Gasteiger partial charge in [0.1, 0.15) is 12.6 Å². The fourth-order valence-corrected chi connectivity index (χ4v) is 5.54. The molecule has 0 saturated heterocycles. The van der Waals surface area contributed by atoms with Gasteiger partial charge in [-0.05, 0) is 62.2 Å². The summed E-state index contributed by atoms with van der Waals surface area (Å²) in [6, 6.07) is 0. The van der Waals surface area contributed by atoms with E-state index in [2.05, 4.69) is 20.1 Å². The van der Waals surface area contributed by atoms with Gasteiger partial charge in [0.15, 0.2) is 0 Å². The van der Waals surface area contributed by atoms with Crippen LogP contribution in [0.1, 0.15) is 84.0 Å². The molecule has 0 amide bonds. The zero-order valence-corrected chi connectivity index (χ0v) is 23.3. The third-order valence-electron chi connectivity index (χ3n) is 7.76. The number of methoxy groups -OCH3 is 2. The Morgan fingerprint density at radius 1 is 0.806 bits per heavy atom. The first-order chi connectivity index (χ1) is 17.4.